The van der Waals surface area contributed by atoms with Crippen molar-refractivity contribution in [1.29, 1.82) is 0 Å². The Kier molecular flexibility index (Phi) is 17.3. The zero-order valence-corrected chi connectivity index (χ0v) is 24.0. The first-order valence-electron chi connectivity index (χ1n) is 15.8. The molecule has 0 radical (unpaired) electrons. The fourth-order valence-electron chi connectivity index (χ4n) is 5.40. The number of hydrogen-bond acceptors (Lipinski definition) is 2. The van der Waals surface area contributed by atoms with Crippen molar-refractivity contribution in [2.24, 2.45) is 0 Å². The summed E-state index contributed by atoms with van der Waals surface area (Å²) in [6, 6.07) is 13.2. The first kappa shape index (κ1) is 30.5. The van der Waals surface area contributed by atoms with E-state index >= 15 is 0 Å². The number of nitrogen functional groups attached to an aromatic ring is 1. The lowest BCUT2D eigenvalue weighted by atomic mass is 10.1. The summed E-state index contributed by atoms with van der Waals surface area (Å²) < 4.78 is 0. The van der Waals surface area contributed by atoms with Crippen molar-refractivity contribution in [3.05, 3.63) is 36.4 Å². The van der Waals surface area contributed by atoms with E-state index in [1.165, 1.54) is 158 Å². The molecule has 0 spiro atoms. The minimum absolute atomic E-state index is 0.850. The number of benzene rings is 2. The van der Waals surface area contributed by atoms with Gasteiger partial charge in [0.05, 0.1) is 0 Å². The Bertz CT molecular complexity index is 760. The van der Waals surface area contributed by atoms with Crippen LogP contribution < -0.4 is 10.6 Å². The molecule has 0 aromatic heterocycles. The smallest absolute Gasteiger partial charge is 0.0372 e. The van der Waals surface area contributed by atoms with Crippen molar-refractivity contribution in [3.8, 4) is 0 Å². The summed E-state index contributed by atoms with van der Waals surface area (Å²) in [5.41, 5.74) is 8.24. The number of nitrogens with two attached hydrogens (primary N) is 1. The van der Waals surface area contributed by atoms with Gasteiger partial charge in [0.25, 0.3) is 0 Å². The van der Waals surface area contributed by atoms with E-state index in [-0.39, 0.29) is 0 Å². The molecule has 0 unspecified atom stereocenters. The molecule has 0 amide bonds. The van der Waals surface area contributed by atoms with Gasteiger partial charge in [0.1, 0.15) is 0 Å². The van der Waals surface area contributed by atoms with Crippen LogP contribution in [-0.2, 0) is 0 Å². The SMILES string of the molecule is CCCCCCCCCCCCN(CCCCCCCCCCCC)c1ccc2cc(N)ccc2c1. The molecule has 0 aliphatic carbocycles. The molecule has 36 heavy (non-hydrogen) atoms. The monoisotopic (exact) mass is 494 g/mol. The maximum atomic E-state index is 6.00. The van der Waals surface area contributed by atoms with Crippen molar-refractivity contribution in [3.63, 3.8) is 0 Å². The second-order valence-electron chi connectivity index (χ2n) is 11.1. The molecule has 0 aliphatic rings. The zero-order chi connectivity index (χ0) is 25.7. The maximum Gasteiger partial charge on any atom is 0.0372 e. The van der Waals surface area contributed by atoms with Crippen LogP contribution in [0.4, 0.5) is 11.4 Å². The lowest BCUT2D eigenvalue weighted by Crippen LogP contribution is -2.25. The van der Waals surface area contributed by atoms with Gasteiger partial charge in [0.15, 0.2) is 0 Å². The van der Waals surface area contributed by atoms with E-state index in [2.05, 4.69) is 49.1 Å². The molecule has 0 aliphatic heterocycles. The highest BCUT2D eigenvalue weighted by Crippen LogP contribution is 2.25. The van der Waals surface area contributed by atoms with Crippen LogP contribution in [0.2, 0.25) is 0 Å². The number of rotatable bonds is 23. The number of hydrogen-bond donors (Lipinski definition) is 1. The molecule has 0 heterocycles. The van der Waals surface area contributed by atoms with Crippen LogP contribution in [0.15, 0.2) is 36.4 Å². The minimum atomic E-state index is 0.850. The summed E-state index contributed by atoms with van der Waals surface area (Å²) >= 11 is 0. The fraction of sp³-hybridized carbons (Fsp3) is 0.706. The van der Waals surface area contributed by atoms with Crippen LogP contribution in [0.25, 0.3) is 10.8 Å². The molecule has 0 atom stereocenters. The van der Waals surface area contributed by atoms with Crippen molar-refractivity contribution in [2.45, 2.75) is 142 Å². The molecule has 2 heteroatoms. The molecule has 204 valence electrons. The summed E-state index contributed by atoms with van der Waals surface area (Å²) in [7, 11) is 0. The summed E-state index contributed by atoms with van der Waals surface area (Å²) in [5.74, 6) is 0. The van der Waals surface area contributed by atoms with Crippen molar-refractivity contribution in [1.82, 2.24) is 0 Å². The normalized spacial score (nSPS) is 11.4. The van der Waals surface area contributed by atoms with Crippen molar-refractivity contribution >= 4 is 22.1 Å². The quantitative estimate of drug-likeness (QED) is 0.123. The largest absolute Gasteiger partial charge is 0.399 e. The van der Waals surface area contributed by atoms with Gasteiger partial charge in [-0.25, -0.2) is 0 Å². The number of nitrogens with zero attached hydrogens (tertiary/aromatic N) is 1. The molecule has 2 aromatic carbocycles. The van der Waals surface area contributed by atoms with Crippen LogP contribution in [0.1, 0.15) is 142 Å². The summed E-state index contributed by atoms with van der Waals surface area (Å²) in [6.07, 6.45) is 28.0. The lowest BCUT2D eigenvalue weighted by Gasteiger charge is -2.25. The first-order chi connectivity index (χ1) is 17.7. The van der Waals surface area contributed by atoms with Gasteiger partial charge in [-0.1, -0.05) is 142 Å². The van der Waals surface area contributed by atoms with Crippen molar-refractivity contribution in [2.75, 3.05) is 23.7 Å². The highest BCUT2D eigenvalue weighted by atomic mass is 15.1. The summed E-state index contributed by atoms with van der Waals surface area (Å²) in [4.78, 5) is 2.66. The topological polar surface area (TPSA) is 29.3 Å². The highest BCUT2D eigenvalue weighted by molar-refractivity contribution is 5.88. The molecular weight excluding hydrogens is 436 g/mol. The number of anilines is 2. The van der Waals surface area contributed by atoms with Gasteiger partial charge in [-0.3, -0.25) is 0 Å². The predicted octanol–water partition coefficient (Wildman–Crippen LogP) is 11.1. The van der Waals surface area contributed by atoms with Gasteiger partial charge >= 0.3 is 0 Å². The first-order valence-corrected chi connectivity index (χ1v) is 15.8. The van der Waals surface area contributed by atoms with Gasteiger partial charge in [0, 0.05) is 24.5 Å². The molecular formula is C34H58N2. The molecule has 0 fully saturated rings. The molecule has 2 rings (SSSR count). The van der Waals surface area contributed by atoms with Gasteiger partial charge in [-0.05, 0) is 47.9 Å². The predicted molar refractivity (Wildman–Crippen MR) is 164 cm³/mol. The average Bonchev–Trinajstić information content (AvgIpc) is 2.89. The van der Waals surface area contributed by atoms with E-state index in [0.29, 0.717) is 0 Å². The Labute approximate surface area is 224 Å². The van der Waals surface area contributed by atoms with Crippen molar-refractivity contribution < 1.29 is 0 Å². The third-order valence-electron chi connectivity index (χ3n) is 7.78. The van der Waals surface area contributed by atoms with E-state index in [4.69, 9.17) is 5.73 Å². The minimum Gasteiger partial charge on any atom is -0.399 e. The third-order valence-corrected chi connectivity index (χ3v) is 7.78. The van der Waals surface area contributed by atoms with Gasteiger partial charge < -0.3 is 10.6 Å². The molecule has 0 bridgehead atoms. The number of unbranched alkanes of at least 4 members (excludes halogenated alkanes) is 18. The third kappa shape index (κ3) is 13.6. The highest BCUT2D eigenvalue weighted by Gasteiger charge is 2.08. The fourth-order valence-corrected chi connectivity index (χ4v) is 5.40. The van der Waals surface area contributed by atoms with Crippen LogP contribution in [0.3, 0.4) is 0 Å². The zero-order valence-electron chi connectivity index (χ0n) is 24.0. The Morgan fingerprint density at radius 1 is 0.472 bits per heavy atom. The Hall–Kier alpha value is -1.70. The summed E-state index contributed by atoms with van der Waals surface area (Å²) in [5, 5.41) is 2.55. The summed E-state index contributed by atoms with van der Waals surface area (Å²) in [6.45, 7) is 6.98. The van der Waals surface area contributed by atoms with Gasteiger partial charge in [0.2, 0.25) is 0 Å². The van der Waals surface area contributed by atoms with Gasteiger partial charge in [-0.2, -0.15) is 0 Å². The molecule has 2 nitrogen and oxygen atoms in total. The Morgan fingerprint density at radius 3 is 1.33 bits per heavy atom. The van der Waals surface area contributed by atoms with E-state index in [9.17, 15) is 0 Å². The van der Waals surface area contributed by atoms with Crippen LogP contribution in [-0.4, -0.2) is 13.1 Å². The van der Waals surface area contributed by atoms with E-state index in [0.717, 1.165) is 5.69 Å². The second-order valence-corrected chi connectivity index (χ2v) is 11.1. The molecule has 2 aromatic rings. The van der Waals surface area contributed by atoms with E-state index in [1.807, 2.05) is 6.07 Å². The van der Waals surface area contributed by atoms with Crippen LogP contribution in [0.5, 0.6) is 0 Å². The average molecular weight is 495 g/mol. The van der Waals surface area contributed by atoms with Crippen LogP contribution >= 0.6 is 0 Å². The molecule has 0 saturated carbocycles. The Morgan fingerprint density at radius 2 is 0.861 bits per heavy atom. The van der Waals surface area contributed by atoms with E-state index in [1.54, 1.807) is 0 Å². The van der Waals surface area contributed by atoms with Crippen LogP contribution in [0, 0.1) is 0 Å². The van der Waals surface area contributed by atoms with Gasteiger partial charge in [-0.15, -0.1) is 0 Å². The number of fused-ring (bicyclic) bond motifs is 1. The molecule has 0 saturated heterocycles. The second kappa shape index (κ2) is 20.4. The van der Waals surface area contributed by atoms with E-state index < -0.39 is 0 Å². The lowest BCUT2D eigenvalue weighted by molar-refractivity contribution is 0.543. The standard InChI is InChI=1S/C34H58N2/c1-3-5-7-9-11-13-15-17-19-21-27-36(28-22-20-18-16-14-12-10-8-6-4-2)34-26-24-31-29-33(35)25-23-32(31)30-34/h23-26,29-30H,3-22,27-28,35H2,1-2H3. The molecule has 2 N–H and O–H groups in total. The Balaban J connectivity index is 1.73. The maximum absolute atomic E-state index is 6.00.